The third-order valence-corrected chi connectivity index (χ3v) is 2.86. The van der Waals surface area contributed by atoms with Crippen molar-refractivity contribution >= 4 is 17.7 Å². The first-order valence-electron chi connectivity index (χ1n) is 5.08. The molecule has 0 aromatic carbocycles. The molecule has 16 heavy (non-hydrogen) atoms. The normalized spacial score (nSPS) is 12.2. The van der Waals surface area contributed by atoms with E-state index in [0.29, 0.717) is 12.2 Å². The van der Waals surface area contributed by atoms with E-state index in [0.717, 1.165) is 5.03 Å². The third kappa shape index (κ3) is 3.83. The molecule has 1 rings (SSSR count). The van der Waals surface area contributed by atoms with Gasteiger partial charge < -0.3 is 9.84 Å². The Kier molecular flexibility index (Phi) is 5.28. The summed E-state index contributed by atoms with van der Waals surface area (Å²) in [6.45, 7) is 4.13. The molecule has 0 bridgehead atoms. The van der Waals surface area contributed by atoms with E-state index < -0.39 is 0 Å². The van der Waals surface area contributed by atoms with Crippen LogP contribution in [0.3, 0.4) is 0 Å². The Morgan fingerprint density at radius 2 is 2.38 bits per heavy atom. The van der Waals surface area contributed by atoms with Crippen LogP contribution in [0.2, 0.25) is 0 Å². The minimum atomic E-state index is -0.359. The highest BCUT2D eigenvalue weighted by atomic mass is 32.2. The molecule has 0 spiro atoms. The fraction of sp³-hybridized carbons (Fsp3) is 0.455. The fourth-order valence-corrected chi connectivity index (χ4v) is 1.78. The number of aliphatic hydroxyl groups excluding tert-OH is 1. The van der Waals surface area contributed by atoms with Gasteiger partial charge in [-0.2, -0.15) is 0 Å². The minimum absolute atomic E-state index is 0.0981. The summed E-state index contributed by atoms with van der Waals surface area (Å²) in [5.41, 5.74) is 0.447. The highest BCUT2D eigenvalue weighted by Crippen LogP contribution is 2.20. The van der Waals surface area contributed by atoms with Crippen molar-refractivity contribution in [3.63, 3.8) is 0 Å². The lowest BCUT2D eigenvalue weighted by atomic mass is 10.3. The molecule has 0 aliphatic rings. The van der Waals surface area contributed by atoms with Crippen LogP contribution in [-0.2, 0) is 4.74 Å². The van der Waals surface area contributed by atoms with Crippen LogP contribution in [-0.4, -0.2) is 34.5 Å². The Labute approximate surface area is 99.0 Å². The van der Waals surface area contributed by atoms with E-state index in [1.54, 1.807) is 19.1 Å². The van der Waals surface area contributed by atoms with Crippen molar-refractivity contribution in [1.82, 2.24) is 4.98 Å². The molecule has 1 aromatic rings. The molecule has 0 saturated heterocycles. The van der Waals surface area contributed by atoms with Crippen molar-refractivity contribution in [3.05, 3.63) is 23.9 Å². The van der Waals surface area contributed by atoms with Gasteiger partial charge in [0.15, 0.2) is 0 Å². The number of ether oxygens (including phenoxy) is 1. The second-order valence-corrected chi connectivity index (χ2v) is 4.68. The number of aliphatic hydroxyl groups is 1. The first-order valence-corrected chi connectivity index (χ1v) is 5.96. The van der Waals surface area contributed by atoms with Gasteiger partial charge in [-0.25, -0.2) is 9.78 Å². The summed E-state index contributed by atoms with van der Waals surface area (Å²) in [6.07, 6.45) is 1.49. The lowest BCUT2D eigenvalue weighted by Gasteiger charge is -2.06. The van der Waals surface area contributed by atoms with Crippen LogP contribution < -0.4 is 0 Å². The van der Waals surface area contributed by atoms with Crippen molar-refractivity contribution < 1.29 is 14.6 Å². The molecule has 5 heteroatoms. The molecule has 0 radical (unpaired) electrons. The molecule has 0 amide bonds. The van der Waals surface area contributed by atoms with Crippen LogP contribution in [0, 0.1) is 0 Å². The molecular weight excluding hydrogens is 226 g/mol. The van der Waals surface area contributed by atoms with Crippen LogP contribution in [0.4, 0.5) is 0 Å². The number of hydrogen-bond donors (Lipinski definition) is 1. The maximum Gasteiger partial charge on any atom is 0.339 e. The topological polar surface area (TPSA) is 59.4 Å². The monoisotopic (exact) mass is 241 g/mol. The average Bonchev–Trinajstić information content (AvgIpc) is 2.30. The second-order valence-electron chi connectivity index (χ2n) is 3.22. The lowest BCUT2D eigenvalue weighted by Crippen LogP contribution is -2.06. The number of carbonyl (C=O) groups is 1. The Morgan fingerprint density at radius 1 is 1.62 bits per heavy atom. The number of hydrogen-bond acceptors (Lipinski definition) is 5. The number of carbonyl (C=O) groups excluding carboxylic acids is 1. The first-order chi connectivity index (χ1) is 7.67. The molecular formula is C11H15NO3S. The molecule has 88 valence electrons. The van der Waals surface area contributed by atoms with Gasteiger partial charge in [0.25, 0.3) is 0 Å². The van der Waals surface area contributed by atoms with Gasteiger partial charge in [-0.3, -0.25) is 0 Å². The summed E-state index contributed by atoms with van der Waals surface area (Å²) in [6, 6.07) is 3.43. The minimum Gasteiger partial charge on any atom is -0.462 e. The first kappa shape index (κ1) is 13.0. The van der Waals surface area contributed by atoms with Crippen LogP contribution >= 0.6 is 11.8 Å². The van der Waals surface area contributed by atoms with Crippen LogP contribution in [0.25, 0.3) is 0 Å². The summed E-state index contributed by atoms with van der Waals surface area (Å²) >= 11 is 1.46. The van der Waals surface area contributed by atoms with Gasteiger partial charge >= 0.3 is 5.97 Å². The van der Waals surface area contributed by atoms with E-state index in [-0.39, 0.29) is 17.8 Å². The Hall–Kier alpha value is -1.07. The summed E-state index contributed by atoms with van der Waals surface area (Å²) in [5.74, 6) is -0.359. The molecule has 0 fully saturated rings. The van der Waals surface area contributed by atoms with E-state index >= 15 is 0 Å². The zero-order chi connectivity index (χ0) is 12.0. The summed E-state index contributed by atoms with van der Waals surface area (Å²) in [5, 5.41) is 9.77. The number of rotatable bonds is 5. The molecule has 4 nitrogen and oxygen atoms in total. The van der Waals surface area contributed by atoms with Crippen molar-refractivity contribution in [2.75, 3.05) is 13.2 Å². The van der Waals surface area contributed by atoms with Crippen molar-refractivity contribution in [2.24, 2.45) is 0 Å². The highest BCUT2D eigenvalue weighted by molar-refractivity contribution is 7.99. The van der Waals surface area contributed by atoms with Crippen molar-refractivity contribution in [2.45, 2.75) is 24.1 Å². The van der Waals surface area contributed by atoms with E-state index in [2.05, 4.69) is 4.98 Å². The number of thioether (sulfide) groups is 1. The SMILES string of the molecule is CCOC(=O)c1ccc(SC(C)CO)nc1. The summed E-state index contributed by atoms with van der Waals surface area (Å²) in [7, 11) is 0. The van der Waals surface area contributed by atoms with Gasteiger partial charge in [-0.1, -0.05) is 6.92 Å². The second kappa shape index (κ2) is 6.50. The highest BCUT2D eigenvalue weighted by Gasteiger charge is 2.08. The quantitative estimate of drug-likeness (QED) is 0.628. The maximum atomic E-state index is 11.3. The predicted octanol–water partition coefficient (Wildman–Crippen LogP) is 1.73. The largest absolute Gasteiger partial charge is 0.462 e. The number of esters is 1. The molecule has 1 unspecified atom stereocenters. The molecule has 1 aromatic heterocycles. The zero-order valence-electron chi connectivity index (χ0n) is 9.34. The lowest BCUT2D eigenvalue weighted by molar-refractivity contribution is 0.0525. The fourth-order valence-electron chi connectivity index (χ4n) is 1.03. The van der Waals surface area contributed by atoms with Gasteiger partial charge in [0, 0.05) is 11.4 Å². The van der Waals surface area contributed by atoms with Gasteiger partial charge in [0.1, 0.15) is 0 Å². The van der Waals surface area contributed by atoms with E-state index in [9.17, 15) is 4.79 Å². The Morgan fingerprint density at radius 3 is 2.88 bits per heavy atom. The summed E-state index contributed by atoms with van der Waals surface area (Å²) < 4.78 is 4.84. The number of aromatic nitrogens is 1. The molecule has 0 aliphatic heterocycles. The predicted molar refractivity (Wildman–Crippen MR) is 62.6 cm³/mol. The van der Waals surface area contributed by atoms with Crippen molar-refractivity contribution in [3.8, 4) is 0 Å². The van der Waals surface area contributed by atoms with Crippen LogP contribution in [0.5, 0.6) is 0 Å². The summed E-state index contributed by atoms with van der Waals surface area (Å²) in [4.78, 5) is 15.4. The van der Waals surface area contributed by atoms with E-state index in [1.165, 1.54) is 18.0 Å². The van der Waals surface area contributed by atoms with Gasteiger partial charge in [0.05, 0.1) is 23.8 Å². The Balaban J connectivity index is 2.64. The maximum absolute atomic E-state index is 11.3. The average molecular weight is 241 g/mol. The zero-order valence-corrected chi connectivity index (χ0v) is 10.2. The number of pyridine rings is 1. The molecule has 0 saturated carbocycles. The van der Waals surface area contributed by atoms with E-state index in [4.69, 9.17) is 9.84 Å². The molecule has 1 heterocycles. The van der Waals surface area contributed by atoms with Gasteiger partial charge in [0.2, 0.25) is 0 Å². The molecule has 1 N–H and O–H groups in total. The van der Waals surface area contributed by atoms with Crippen LogP contribution in [0.15, 0.2) is 23.4 Å². The van der Waals surface area contributed by atoms with Gasteiger partial charge in [-0.15, -0.1) is 11.8 Å². The molecule has 1 atom stereocenters. The standard InChI is InChI=1S/C11H15NO3S/c1-3-15-11(14)9-4-5-10(12-6-9)16-8(2)7-13/h4-6,8,13H,3,7H2,1-2H3. The Bertz CT molecular complexity index is 340. The van der Waals surface area contributed by atoms with E-state index in [1.807, 2.05) is 6.92 Å². The number of nitrogens with zero attached hydrogens (tertiary/aromatic N) is 1. The van der Waals surface area contributed by atoms with Crippen molar-refractivity contribution in [1.29, 1.82) is 0 Å². The van der Waals surface area contributed by atoms with Crippen LogP contribution in [0.1, 0.15) is 24.2 Å². The third-order valence-electron chi connectivity index (χ3n) is 1.83. The smallest absolute Gasteiger partial charge is 0.339 e. The van der Waals surface area contributed by atoms with Gasteiger partial charge in [-0.05, 0) is 19.1 Å². The molecule has 0 aliphatic carbocycles.